The number of hydrogen-bond donors (Lipinski definition) is 2. The van der Waals surface area contributed by atoms with Gasteiger partial charge in [0.25, 0.3) is 0 Å². The molecule has 2 unspecified atom stereocenters. The van der Waals surface area contributed by atoms with E-state index in [4.69, 9.17) is 9.47 Å². The minimum atomic E-state index is -0.499. The van der Waals surface area contributed by atoms with Gasteiger partial charge in [-0.3, -0.25) is 4.79 Å². The van der Waals surface area contributed by atoms with Crippen molar-refractivity contribution in [2.45, 2.75) is 46.5 Å². The van der Waals surface area contributed by atoms with E-state index < -0.39 is 5.41 Å². The van der Waals surface area contributed by atoms with E-state index in [1.165, 1.54) is 0 Å². The molecule has 0 aromatic heterocycles. The van der Waals surface area contributed by atoms with Crippen LogP contribution >= 0.6 is 0 Å². The minimum absolute atomic E-state index is 0.0651. The monoisotopic (exact) mass is 374 g/mol. The highest BCUT2D eigenvalue weighted by atomic mass is 16.5. The van der Waals surface area contributed by atoms with Crippen LogP contribution in [0.3, 0.4) is 0 Å². The summed E-state index contributed by atoms with van der Waals surface area (Å²) in [6, 6.07) is 5.79. The highest BCUT2D eigenvalue weighted by Crippen LogP contribution is 2.70. The smallest absolute Gasteiger partial charge is 0.227 e. The zero-order valence-electron chi connectivity index (χ0n) is 16.9. The molecule has 148 valence electrons. The van der Waals surface area contributed by atoms with Crippen molar-refractivity contribution in [2.75, 3.05) is 20.8 Å². The molecule has 0 spiro atoms. The van der Waals surface area contributed by atoms with Gasteiger partial charge in [-0.15, -0.1) is 0 Å². The maximum atomic E-state index is 13.2. The Labute approximate surface area is 160 Å². The molecule has 2 atom stereocenters. The zero-order chi connectivity index (χ0) is 19.9. The molecule has 2 aliphatic rings. The van der Waals surface area contributed by atoms with Crippen LogP contribution in [-0.4, -0.2) is 37.6 Å². The third-order valence-electron chi connectivity index (χ3n) is 7.44. The van der Waals surface area contributed by atoms with Crippen LogP contribution in [0.1, 0.15) is 45.6 Å². The van der Waals surface area contributed by atoms with Crippen molar-refractivity contribution in [3.63, 3.8) is 0 Å². The van der Waals surface area contributed by atoms with Crippen molar-refractivity contribution in [3.05, 3.63) is 23.8 Å². The summed E-state index contributed by atoms with van der Waals surface area (Å²) in [7, 11) is 3.22. The molecule has 2 N–H and O–H groups in total. The Hall–Kier alpha value is -2.24. The molecule has 1 aromatic rings. The molecule has 2 saturated carbocycles. The Kier molecular flexibility index (Phi) is 4.87. The van der Waals surface area contributed by atoms with Gasteiger partial charge in [-0.2, -0.15) is 0 Å². The first-order valence-electron chi connectivity index (χ1n) is 9.46. The van der Waals surface area contributed by atoms with Crippen LogP contribution in [0.2, 0.25) is 0 Å². The summed E-state index contributed by atoms with van der Waals surface area (Å²) in [5.41, 5.74) is 0.872. The number of fused-ring (bicyclic) bond motifs is 2. The van der Waals surface area contributed by atoms with Crippen molar-refractivity contribution >= 4 is 11.6 Å². The van der Waals surface area contributed by atoms with E-state index >= 15 is 0 Å². The molecule has 2 aliphatic carbocycles. The van der Waals surface area contributed by atoms with E-state index in [1.54, 1.807) is 14.2 Å². The van der Waals surface area contributed by atoms with E-state index in [-0.39, 0.29) is 16.7 Å². The lowest BCUT2D eigenvalue weighted by Crippen LogP contribution is -2.47. The van der Waals surface area contributed by atoms with Gasteiger partial charge >= 0.3 is 0 Å². The summed E-state index contributed by atoms with van der Waals surface area (Å²) in [6.45, 7) is 6.93. The first kappa shape index (κ1) is 19.5. The molecule has 1 amide bonds. The van der Waals surface area contributed by atoms with Crippen LogP contribution < -0.4 is 14.8 Å². The van der Waals surface area contributed by atoms with Crippen molar-refractivity contribution in [3.8, 4) is 11.5 Å². The Bertz CT molecular complexity index is 773. The van der Waals surface area contributed by atoms with E-state index in [9.17, 15) is 10.0 Å². The molecule has 2 bridgehead atoms. The lowest BCUT2D eigenvalue weighted by atomic mass is 9.64. The number of benzene rings is 1. The van der Waals surface area contributed by atoms with E-state index in [1.807, 2.05) is 18.2 Å². The number of amides is 1. The van der Waals surface area contributed by atoms with E-state index in [2.05, 4.69) is 31.2 Å². The third-order valence-corrected chi connectivity index (χ3v) is 7.44. The predicted molar refractivity (Wildman–Crippen MR) is 104 cm³/mol. The van der Waals surface area contributed by atoms with Crippen LogP contribution in [0.5, 0.6) is 11.5 Å². The van der Waals surface area contributed by atoms with Crippen molar-refractivity contribution < 1.29 is 19.5 Å². The second kappa shape index (κ2) is 6.73. The number of carbonyl (C=O) groups is 1. The van der Waals surface area contributed by atoms with Crippen LogP contribution in [0.15, 0.2) is 23.4 Å². The summed E-state index contributed by atoms with van der Waals surface area (Å²) < 4.78 is 10.6. The standard InChI is InChI=1S/C21H30N2O4/c1-19(2)20(3)9-10-21(19,13-17(20)23-25)18(24)22-11-8-14-6-7-15(26-4)16(12-14)27-5/h6-7,12,25H,8-11,13H2,1-5H3,(H,22,24)/b23-17+. The Morgan fingerprint density at radius 3 is 2.48 bits per heavy atom. The highest BCUT2D eigenvalue weighted by Gasteiger charge is 2.71. The lowest BCUT2D eigenvalue weighted by Gasteiger charge is -2.39. The second-order valence-electron chi connectivity index (χ2n) is 8.46. The summed E-state index contributed by atoms with van der Waals surface area (Å²) in [5.74, 6) is 1.44. The van der Waals surface area contributed by atoms with E-state index in [0.29, 0.717) is 30.9 Å². The average Bonchev–Trinajstić information content (AvgIpc) is 2.97. The Morgan fingerprint density at radius 1 is 1.19 bits per heavy atom. The predicted octanol–water partition coefficient (Wildman–Crippen LogP) is 3.41. The summed E-state index contributed by atoms with van der Waals surface area (Å²) in [4.78, 5) is 13.2. The molecule has 6 heteroatoms. The molecular weight excluding hydrogens is 344 g/mol. The number of carbonyl (C=O) groups excluding carboxylic acids is 1. The van der Waals surface area contributed by atoms with Crippen molar-refractivity contribution in [2.24, 2.45) is 21.4 Å². The normalized spacial score (nSPS) is 29.7. The fraction of sp³-hybridized carbons (Fsp3) is 0.619. The number of methoxy groups -OCH3 is 2. The molecule has 0 aliphatic heterocycles. The number of rotatable bonds is 6. The number of nitrogens with zero attached hydrogens (tertiary/aromatic N) is 1. The second-order valence-corrected chi connectivity index (χ2v) is 8.46. The largest absolute Gasteiger partial charge is 0.493 e. The molecular formula is C21H30N2O4. The molecule has 6 nitrogen and oxygen atoms in total. The van der Waals surface area contributed by atoms with Gasteiger partial charge in [0.15, 0.2) is 11.5 Å². The molecule has 0 heterocycles. The average molecular weight is 374 g/mol. The van der Waals surface area contributed by atoms with Gasteiger partial charge in [-0.05, 0) is 42.4 Å². The fourth-order valence-electron chi connectivity index (χ4n) is 5.06. The number of oxime groups is 1. The summed E-state index contributed by atoms with van der Waals surface area (Å²) >= 11 is 0. The number of nitrogens with one attached hydrogen (secondary N) is 1. The van der Waals surface area contributed by atoms with Gasteiger partial charge in [0.2, 0.25) is 5.91 Å². The van der Waals surface area contributed by atoms with Crippen molar-refractivity contribution in [1.82, 2.24) is 5.32 Å². The molecule has 3 rings (SSSR count). The molecule has 27 heavy (non-hydrogen) atoms. The SMILES string of the molecule is COc1ccc(CCNC(=O)C23CCC(C)(/C(=N/O)C2)C3(C)C)cc1OC. The Morgan fingerprint density at radius 2 is 1.89 bits per heavy atom. The first-order chi connectivity index (χ1) is 12.8. The fourth-order valence-corrected chi connectivity index (χ4v) is 5.06. The molecule has 0 radical (unpaired) electrons. The number of ether oxygens (including phenoxy) is 2. The van der Waals surface area contributed by atoms with Crippen LogP contribution in [0.25, 0.3) is 0 Å². The van der Waals surface area contributed by atoms with Gasteiger partial charge in [-0.25, -0.2) is 0 Å². The highest BCUT2D eigenvalue weighted by molar-refractivity contribution is 6.02. The van der Waals surface area contributed by atoms with Gasteiger partial charge < -0.3 is 20.0 Å². The Balaban J connectivity index is 1.68. The molecule has 2 fully saturated rings. The van der Waals surface area contributed by atoms with Crippen LogP contribution in [0, 0.1) is 16.2 Å². The summed E-state index contributed by atoms with van der Waals surface area (Å²) in [6.07, 6.45) is 2.95. The summed E-state index contributed by atoms with van der Waals surface area (Å²) in [5, 5.41) is 16.1. The maximum Gasteiger partial charge on any atom is 0.227 e. The minimum Gasteiger partial charge on any atom is -0.493 e. The maximum absolute atomic E-state index is 13.2. The molecule has 0 saturated heterocycles. The topological polar surface area (TPSA) is 80.2 Å². The third kappa shape index (κ3) is 2.68. The van der Waals surface area contributed by atoms with E-state index in [0.717, 1.165) is 24.1 Å². The first-order valence-corrected chi connectivity index (χ1v) is 9.46. The lowest BCUT2D eigenvalue weighted by molar-refractivity contribution is -0.135. The number of hydrogen-bond acceptors (Lipinski definition) is 5. The van der Waals surface area contributed by atoms with Crippen LogP contribution in [0.4, 0.5) is 0 Å². The van der Waals surface area contributed by atoms with Gasteiger partial charge in [0, 0.05) is 18.4 Å². The van der Waals surface area contributed by atoms with Gasteiger partial charge in [0.05, 0.1) is 25.3 Å². The zero-order valence-corrected chi connectivity index (χ0v) is 16.9. The van der Waals surface area contributed by atoms with Crippen molar-refractivity contribution in [1.29, 1.82) is 0 Å². The van der Waals surface area contributed by atoms with Crippen LogP contribution in [-0.2, 0) is 11.2 Å². The van der Waals surface area contributed by atoms with Gasteiger partial charge in [-0.1, -0.05) is 32.0 Å². The van der Waals surface area contributed by atoms with Gasteiger partial charge in [0.1, 0.15) is 0 Å². The quantitative estimate of drug-likeness (QED) is 0.591. The molecule has 1 aromatic carbocycles.